The number of anilines is 2. The second-order valence-electron chi connectivity index (χ2n) is 5.92. The van der Waals surface area contributed by atoms with Crippen LogP contribution in [-0.4, -0.2) is 27.6 Å². The standard InChI is InChI=1S/C17H18BrFN4O2/c1-3-14(17(25)20-13-5-4-11(18)9-12(13)19)23-15-8-10(2)21-22(15)7-6-16(23)24/h4-5,8-9,14H,3,6-7H2,1-2H3,(H,20,25). The van der Waals surface area contributed by atoms with Crippen molar-refractivity contribution in [1.82, 2.24) is 9.78 Å². The first-order valence-electron chi connectivity index (χ1n) is 8.03. The number of benzene rings is 1. The highest BCUT2D eigenvalue weighted by molar-refractivity contribution is 9.10. The first-order chi connectivity index (χ1) is 11.9. The number of amides is 2. The molecular formula is C17H18BrFN4O2. The molecule has 1 atom stereocenters. The van der Waals surface area contributed by atoms with Gasteiger partial charge in [-0.2, -0.15) is 5.10 Å². The van der Waals surface area contributed by atoms with Gasteiger partial charge in [0.2, 0.25) is 11.8 Å². The molecule has 0 bridgehead atoms. The van der Waals surface area contributed by atoms with Crippen LogP contribution in [0.1, 0.15) is 25.5 Å². The second kappa shape index (κ2) is 6.95. The number of aromatic nitrogens is 2. The Labute approximate surface area is 153 Å². The number of nitrogens with zero attached hydrogens (tertiary/aromatic N) is 3. The number of nitrogens with one attached hydrogen (secondary N) is 1. The zero-order valence-electron chi connectivity index (χ0n) is 13.9. The maximum atomic E-state index is 14.0. The Hall–Kier alpha value is -2.22. The Morgan fingerprint density at radius 2 is 2.20 bits per heavy atom. The van der Waals surface area contributed by atoms with Crippen LogP contribution in [0.4, 0.5) is 15.9 Å². The normalized spacial score (nSPS) is 15.0. The zero-order chi connectivity index (χ0) is 18.1. The number of hydrogen-bond acceptors (Lipinski definition) is 3. The lowest BCUT2D eigenvalue weighted by molar-refractivity contribution is -0.124. The van der Waals surface area contributed by atoms with Crippen LogP contribution in [0.5, 0.6) is 0 Å². The minimum Gasteiger partial charge on any atom is -0.322 e. The van der Waals surface area contributed by atoms with E-state index in [9.17, 15) is 14.0 Å². The van der Waals surface area contributed by atoms with E-state index in [2.05, 4.69) is 26.3 Å². The first kappa shape index (κ1) is 17.6. The smallest absolute Gasteiger partial charge is 0.247 e. The average molecular weight is 409 g/mol. The van der Waals surface area contributed by atoms with E-state index in [4.69, 9.17) is 0 Å². The zero-order valence-corrected chi connectivity index (χ0v) is 15.5. The third-order valence-corrected chi connectivity index (χ3v) is 4.62. The molecule has 0 fully saturated rings. The lowest BCUT2D eigenvalue weighted by atomic mass is 10.1. The topological polar surface area (TPSA) is 67.2 Å². The summed E-state index contributed by atoms with van der Waals surface area (Å²) in [5.74, 6) is -0.495. The molecule has 2 amide bonds. The number of rotatable bonds is 4. The van der Waals surface area contributed by atoms with Gasteiger partial charge in [-0.15, -0.1) is 0 Å². The van der Waals surface area contributed by atoms with Gasteiger partial charge >= 0.3 is 0 Å². The summed E-state index contributed by atoms with van der Waals surface area (Å²) in [5.41, 5.74) is 0.865. The lowest BCUT2D eigenvalue weighted by Gasteiger charge is -2.33. The quantitative estimate of drug-likeness (QED) is 0.843. The number of hydrogen-bond donors (Lipinski definition) is 1. The van der Waals surface area contributed by atoms with Crippen LogP contribution in [0.2, 0.25) is 0 Å². The average Bonchev–Trinajstić information content (AvgIpc) is 2.93. The predicted molar refractivity (Wildman–Crippen MR) is 95.9 cm³/mol. The van der Waals surface area contributed by atoms with E-state index >= 15 is 0 Å². The van der Waals surface area contributed by atoms with E-state index in [0.717, 1.165) is 5.69 Å². The lowest BCUT2D eigenvalue weighted by Crippen LogP contribution is -2.50. The third-order valence-electron chi connectivity index (χ3n) is 4.12. The van der Waals surface area contributed by atoms with E-state index in [0.29, 0.717) is 23.3 Å². The molecule has 6 nitrogen and oxygen atoms in total. The molecule has 1 aromatic carbocycles. The van der Waals surface area contributed by atoms with Gasteiger partial charge in [0, 0.05) is 17.0 Å². The molecule has 2 aromatic rings. The summed E-state index contributed by atoms with van der Waals surface area (Å²) in [6.07, 6.45) is 0.685. The van der Waals surface area contributed by atoms with Crippen molar-refractivity contribution in [1.29, 1.82) is 0 Å². The number of aryl methyl sites for hydroxylation is 2. The van der Waals surface area contributed by atoms with E-state index in [1.165, 1.54) is 17.0 Å². The van der Waals surface area contributed by atoms with Crippen molar-refractivity contribution in [2.24, 2.45) is 0 Å². The highest BCUT2D eigenvalue weighted by Crippen LogP contribution is 2.27. The minimum absolute atomic E-state index is 0.0841. The number of fused-ring (bicyclic) bond motifs is 1. The van der Waals surface area contributed by atoms with Crippen molar-refractivity contribution in [2.45, 2.75) is 39.3 Å². The van der Waals surface area contributed by atoms with Gasteiger partial charge in [0.15, 0.2) is 0 Å². The first-order valence-corrected chi connectivity index (χ1v) is 8.82. The van der Waals surface area contributed by atoms with Crippen LogP contribution < -0.4 is 10.2 Å². The number of halogens is 2. The van der Waals surface area contributed by atoms with Gasteiger partial charge in [0.05, 0.1) is 17.9 Å². The molecule has 1 aliphatic rings. The summed E-state index contributed by atoms with van der Waals surface area (Å²) in [7, 11) is 0. The van der Waals surface area contributed by atoms with Crippen LogP contribution in [0.25, 0.3) is 0 Å². The van der Waals surface area contributed by atoms with Crippen molar-refractivity contribution in [3.63, 3.8) is 0 Å². The molecule has 0 saturated carbocycles. The van der Waals surface area contributed by atoms with Gasteiger partial charge in [0.25, 0.3) is 0 Å². The monoisotopic (exact) mass is 408 g/mol. The Kier molecular flexibility index (Phi) is 4.89. The Bertz CT molecular complexity index is 836. The SMILES string of the molecule is CCC(C(=O)Nc1ccc(Br)cc1F)N1C(=O)CCn2nc(C)cc21. The molecule has 0 aliphatic carbocycles. The Morgan fingerprint density at radius 1 is 1.44 bits per heavy atom. The summed E-state index contributed by atoms with van der Waals surface area (Å²) in [4.78, 5) is 26.7. The molecule has 1 aliphatic heterocycles. The minimum atomic E-state index is -0.731. The molecule has 132 valence electrons. The fourth-order valence-corrected chi connectivity index (χ4v) is 3.30. The van der Waals surface area contributed by atoms with E-state index in [1.54, 1.807) is 16.8 Å². The summed E-state index contributed by atoms with van der Waals surface area (Å²) in [5, 5.41) is 6.93. The molecule has 1 unspecified atom stereocenters. The van der Waals surface area contributed by atoms with Gasteiger partial charge in [-0.1, -0.05) is 22.9 Å². The summed E-state index contributed by atoms with van der Waals surface area (Å²) < 4.78 is 16.3. The second-order valence-corrected chi connectivity index (χ2v) is 6.83. The fourth-order valence-electron chi connectivity index (χ4n) is 2.97. The maximum absolute atomic E-state index is 14.0. The highest BCUT2D eigenvalue weighted by atomic mass is 79.9. The van der Waals surface area contributed by atoms with Gasteiger partial charge in [-0.25, -0.2) is 9.07 Å². The largest absolute Gasteiger partial charge is 0.322 e. The summed E-state index contributed by atoms with van der Waals surface area (Å²) in [6, 6.07) is 5.46. The molecule has 3 rings (SSSR count). The van der Waals surface area contributed by atoms with Crippen molar-refractivity contribution >= 4 is 39.2 Å². The van der Waals surface area contributed by atoms with E-state index in [-0.39, 0.29) is 18.0 Å². The van der Waals surface area contributed by atoms with E-state index in [1.807, 2.05) is 13.8 Å². The fraction of sp³-hybridized carbons (Fsp3) is 0.353. The molecule has 1 aromatic heterocycles. The van der Waals surface area contributed by atoms with Crippen LogP contribution in [0.3, 0.4) is 0 Å². The van der Waals surface area contributed by atoms with Gasteiger partial charge in [-0.05, 0) is 31.5 Å². The van der Waals surface area contributed by atoms with Crippen molar-refractivity contribution in [3.05, 3.63) is 40.2 Å². The predicted octanol–water partition coefficient (Wildman–Crippen LogP) is 3.25. The van der Waals surface area contributed by atoms with Crippen LogP contribution in [0.15, 0.2) is 28.7 Å². The molecular weight excluding hydrogens is 391 g/mol. The maximum Gasteiger partial charge on any atom is 0.247 e. The third kappa shape index (κ3) is 3.44. The number of carbonyl (C=O) groups is 2. The van der Waals surface area contributed by atoms with E-state index < -0.39 is 17.8 Å². The van der Waals surface area contributed by atoms with Crippen molar-refractivity contribution in [2.75, 3.05) is 10.2 Å². The van der Waals surface area contributed by atoms with Gasteiger partial charge in [0.1, 0.15) is 17.7 Å². The Balaban J connectivity index is 1.88. The molecule has 0 spiro atoms. The van der Waals surface area contributed by atoms with Crippen LogP contribution in [-0.2, 0) is 16.1 Å². The molecule has 0 saturated heterocycles. The van der Waals surface area contributed by atoms with Gasteiger partial charge < -0.3 is 5.32 Å². The van der Waals surface area contributed by atoms with Crippen LogP contribution in [0, 0.1) is 12.7 Å². The van der Waals surface area contributed by atoms with Crippen LogP contribution >= 0.6 is 15.9 Å². The molecule has 2 heterocycles. The molecule has 0 radical (unpaired) electrons. The number of carbonyl (C=O) groups excluding carboxylic acids is 2. The van der Waals surface area contributed by atoms with Gasteiger partial charge in [-0.3, -0.25) is 14.5 Å². The highest BCUT2D eigenvalue weighted by Gasteiger charge is 2.35. The van der Waals surface area contributed by atoms with Crippen molar-refractivity contribution < 1.29 is 14.0 Å². The molecule has 8 heteroatoms. The van der Waals surface area contributed by atoms with Crippen molar-refractivity contribution in [3.8, 4) is 0 Å². The molecule has 1 N–H and O–H groups in total. The summed E-state index contributed by atoms with van der Waals surface area (Å²) in [6.45, 7) is 4.15. The Morgan fingerprint density at radius 3 is 2.88 bits per heavy atom. The molecule has 25 heavy (non-hydrogen) atoms. The summed E-state index contributed by atoms with van der Waals surface area (Å²) >= 11 is 3.18.